The average molecular weight is 463 g/mol. The largest absolute Gasteiger partial charge is 0.353 e. The van der Waals surface area contributed by atoms with E-state index in [0.29, 0.717) is 18.2 Å². The lowest BCUT2D eigenvalue weighted by Gasteiger charge is -2.34. The van der Waals surface area contributed by atoms with Crippen molar-refractivity contribution in [3.63, 3.8) is 0 Å². The molecule has 2 aliphatic rings. The van der Waals surface area contributed by atoms with Crippen LogP contribution in [0.2, 0.25) is 0 Å². The number of hydrogen-bond acceptors (Lipinski definition) is 8. The number of fused-ring (bicyclic) bond motifs is 1. The molecule has 1 saturated heterocycles. The molecule has 0 unspecified atom stereocenters. The van der Waals surface area contributed by atoms with Crippen LogP contribution in [-0.2, 0) is 0 Å². The van der Waals surface area contributed by atoms with E-state index in [1.54, 1.807) is 6.20 Å². The lowest BCUT2D eigenvalue weighted by molar-refractivity contribution is 0.461. The highest BCUT2D eigenvalue weighted by atomic mass is 15.3. The molecule has 8 heteroatoms. The molecule has 3 aromatic heterocycles. The Morgan fingerprint density at radius 1 is 1.11 bits per heavy atom. The van der Waals surface area contributed by atoms with Crippen molar-refractivity contribution in [3.05, 3.63) is 66.6 Å². The topological polar surface area (TPSA) is 103 Å². The van der Waals surface area contributed by atoms with E-state index in [0.717, 1.165) is 53.4 Å². The van der Waals surface area contributed by atoms with Crippen LogP contribution in [-0.4, -0.2) is 45.6 Å². The number of piperazine rings is 1. The van der Waals surface area contributed by atoms with Crippen molar-refractivity contribution in [1.82, 2.24) is 25.3 Å². The number of aromatic nitrogens is 4. The van der Waals surface area contributed by atoms with Gasteiger partial charge < -0.3 is 15.5 Å². The van der Waals surface area contributed by atoms with Gasteiger partial charge in [-0.05, 0) is 48.6 Å². The number of anilines is 3. The highest BCUT2D eigenvalue weighted by molar-refractivity contribution is 5.94. The van der Waals surface area contributed by atoms with E-state index in [-0.39, 0.29) is 6.04 Å². The molecule has 2 N–H and O–H groups in total. The molecule has 1 atom stereocenters. The van der Waals surface area contributed by atoms with Gasteiger partial charge in [0.25, 0.3) is 0 Å². The lowest BCUT2D eigenvalue weighted by atomic mass is 10.1. The van der Waals surface area contributed by atoms with E-state index in [4.69, 9.17) is 9.97 Å². The molecule has 4 heterocycles. The Hall–Kier alpha value is -4.09. The minimum Gasteiger partial charge on any atom is -0.353 e. The van der Waals surface area contributed by atoms with Crippen LogP contribution in [0.25, 0.3) is 22.3 Å². The Labute approximate surface area is 204 Å². The van der Waals surface area contributed by atoms with E-state index < -0.39 is 0 Å². The van der Waals surface area contributed by atoms with E-state index in [9.17, 15) is 5.26 Å². The van der Waals surface area contributed by atoms with Crippen LogP contribution in [0.15, 0.2) is 61.1 Å². The molecule has 0 radical (unpaired) electrons. The molecule has 0 spiro atoms. The van der Waals surface area contributed by atoms with Gasteiger partial charge in [-0.25, -0.2) is 15.0 Å². The fourth-order valence-electron chi connectivity index (χ4n) is 4.72. The molecular formula is C27H26N8. The zero-order chi connectivity index (χ0) is 23.6. The molecule has 1 aliphatic heterocycles. The number of nitrogens with zero attached hydrogens (tertiary/aromatic N) is 6. The summed E-state index contributed by atoms with van der Waals surface area (Å²) in [5.41, 5.74) is 3.96. The minimum atomic E-state index is 0.121. The summed E-state index contributed by atoms with van der Waals surface area (Å²) in [4.78, 5) is 21.4. The second kappa shape index (κ2) is 9.28. The summed E-state index contributed by atoms with van der Waals surface area (Å²) in [6, 6.07) is 16.3. The number of benzene rings is 1. The maximum absolute atomic E-state index is 9.24. The summed E-state index contributed by atoms with van der Waals surface area (Å²) in [5, 5.41) is 17.2. The monoisotopic (exact) mass is 462 g/mol. The van der Waals surface area contributed by atoms with Crippen molar-refractivity contribution in [1.29, 1.82) is 5.26 Å². The second-order valence-corrected chi connectivity index (χ2v) is 9.15. The number of pyridine rings is 2. The van der Waals surface area contributed by atoms with E-state index in [1.165, 1.54) is 18.4 Å². The SMILES string of the molecule is N#CC[C@H]1CN(c2nc(-c3ccnc(Nc4ccccc4)c3)nc3cncc(C4CC4)c23)CCN1. The number of para-hydroxylation sites is 1. The first-order chi connectivity index (χ1) is 17.3. The molecular weight excluding hydrogens is 436 g/mol. The molecule has 1 saturated carbocycles. The van der Waals surface area contributed by atoms with Gasteiger partial charge in [0, 0.05) is 54.7 Å². The van der Waals surface area contributed by atoms with Crippen LogP contribution >= 0.6 is 0 Å². The Balaban J connectivity index is 1.43. The summed E-state index contributed by atoms with van der Waals surface area (Å²) in [6.45, 7) is 2.39. The van der Waals surface area contributed by atoms with Crippen molar-refractivity contribution < 1.29 is 0 Å². The van der Waals surface area contributed by atoms with Gasteiger partial charge in [0.1, 0.15) is 11.6 Å². The Bertz CT molecular complexity index is 1390. The molecule has 1 aliphatic carbocycles. The first-order valence-electron chi connectivity index (χ1n) is 12.1. The zero-order valence-corrected chi connectivity index (χ0v) is 19.4. The minimum absolute atomic E-state index is 0.121. The lowest BCUT2D eigenvalue weighted by Crippen LogP contribution is -2.51. The third-order valence-electron chi connectivity index (χ3n) is 6.59. The highest BCUT2D eigenvalue weighted by Gasteiger charge is 2.30. The molecule has 8 nitrogen and oxygen atoms in total. The summed E-state index contributed by atoms with van der Waals surface area (Å²) in [5.74, 6) is 2.85. The number of hydrogen-bond donors (Lipinski definition) is 2. The summed E-state index contributed by atoms with van der Waals surface area (Å²) in [6.07, 6.45) is 8.44. The van der Waals surface area contributed by atoms with Crippen molar-refractivity contribution in [2.45, 2.75) is 31.2 Å². The molecule has 35 heavy (non-hydrogen) atoms. The molecule has 174 valence electrons. The van der Waals surface area contributed by atoms with Crippen LogP contribution in [0.4, 0.5) is 17.3 Å². The van der Waals surface area contributed by atoms with Crippen LogP contribution in [0.5, 0.6) is 0 Å². The van der Waals surface area contributed by atoms with Crippen LogP contribution < -0.4 is 15.5 Å². The molecule has 6 rings (SSSR count). The van der Waals surface area contributed by atoms with Crippen molar-refractivity contribution in [2.24, 2.45) is 0 Å². The molecule has 0 amide bonds. The van der Waals surface area contributed by atoms with Gasteiger partial charge in [-0.3, -0.25) is 4.98 Å². The standard InChI is InChI=1S/C27H26N8/c28-10-8-21-17-35(13-12-30-21)27-25-22(18-6-7-18)15-29-16-23(25)33-26(34-27)19-9-11-31-24(14-19)32-20-4-2-1-3-5-20/h1-5,9,11,14-16,18,21,30H,6-8,12-13,17H2,(H,31,32)/t21-/m0/s1. The fraction of sp³-hybridized carbons (Fsp3) is 0.296. The third-order valence-corrected chi connectivity index (χ3v) is 6.59. The third kappa shape index (κ3) is 4.51. The Morgan fingerprint density at radius 2 is 2.00 bits per heavy atom. The van der Waals surface area contributed by atoms with Gasteiger partial charge in [-0.2, -0.15) is 5.26 Å². The summed E-state index contributed by atoms with van der Waals surface area (Å²) < 4.78 is 0. The quantitative estimate of drug-likeness (QED) is 0.435. The van der Waals surface area contributed by atoms with Crippen molar-refractivity contribution in [3.8, 4) is 17.5 Å². The first kappa shape index (κ1) is 21.4. The molecule has 2 fully saturated rings. The van der Waals surface area contributed by atoms with Crippen LogP contribution in [0, 0.1) is 11.3 Å². The van der Waals surface area contributed by atoms with Gasteiger partial charge in [0.05, 0.1) is 24.2 Å². The average Bonchev–Trinajstić information content (AvgIpc) is 3.74. The van der Waals surface area contributed by atoms with Gasteiger partial charge in [-0.1, -0.05) is 18.2 Å². The van der Waals surface area contributed by atoms with E-state index >= 15 is 0 Å². The predicted octanol–water partition coefficient (Wildman–Crippen LogP) is 4.40. The number of nitriles is 1. The maximum atomic E-state index is 9.24. The second-order valence-electron chi connectivity index (χ2n) is 9.15. The maximum Gasteiger partial charge on any atom is 0.162 e. The van der Waals surface area contributed by atoms with Gasteiger partial charge in [0.2, 0.25) is 0 Å². The smallest absolute Gasteiger partial charge is 0.162 e. The van der Waals surface area contributed by atoms with E-state index in [1.807, 2.05) is 54.9 Å². The van der Waals surface area contributed by atoms with Gasteiger partial charge in [-0.15, -0.1) is 0 Å². The first-order valence-corrected chi connectivity index (χ1v) is 12.1. The Morgan fingerprint density at radius 3 is 2.83 bits per heavy atom. The zero-order valence-electron chi connectivity index (χ0n) is 19.4. The Kier molecular flexibility index (Phi) is 5.68. The molecule has 4 aromatic rings. The number of nitrogens with one attached hydrogen (secondary N) is 2. The normalized spacial score (nSPS) is 17.8. The summed E-state index contributed by atoms with van der Waals surface area (Å²) >= 11 is 0. The summed E-state index contributed by atoms with van der Waals surface area (Å²) in [7, 11) is 0. The van der Waals surface area contributed by atoms with Gasteiger partial charge in [0.15, 0.2) is 5.82 Å². The predicted molar refractivity (Wildman–Crippen MR) is 136 cm³/mol. The van der Waals surface area contributed by atoms with Crippen molar-refractivity contribution in [2.75, 3.05) is 29.9 Å². The molecule has 0 bridgehead atoms. The van der Waals surface area contributed by atoms with Crippen LogP contribution in [0.1, 0.15) is 30.7 Å². The van der Waals surface area contributed by atoms with E-state index in [2.05, 4.69) is 31.6 Å². The van der Waals surface area contributed by atoms with Crippen molar-refractivity contribution >= 4 is 28.2 Å². The van der Waals surface area contributed by atoms with Gasteiger partial charge >= 0.3 is 0 Å². The van der Waals surface area contributed by atoms with Crippen LogP contribution in [0.3, 0.4) is 0 Å². The molecule has 1 aromatic carbocycles. The number of rotatable bonds is 6. The fourth-order valence-corrected chi connectivity index (χ4v) is 4.72. The highest BCUT2D eigenvalue weighted by Crippen LogP contribution is 2.45.